The molecule has 3 saturated heterocycles. The largest absolute Gasteiger partial charge is 0.466 e. The number of carbonyl (C=O) groups excluding carboxylic acids is 4. The average Bonchev–Trinajstić information content (AvgIpc) is 1.75. The number of rotatable bonds is 16. The maximum Gasteiger partial charge on any atom is 0.351 e. The zero-order chi connectivity index (χ0) is 64.9. The van der Waals surface area contributed by atoms with Crippen molar-refractivity contribution in [1.29, 1.82) is 0 Å². The van der Waals surface area contributed by atoms with Gasteiger partial charge in [-0.05, 0) is 158 Å². The van der Waals surface area contributed by atoms with Crippen LogP contribution in [0.4, 0.5) is 4.39 Å². The number of aliphatic hydroxyl groups is 6. The molecule has 3 heterocycles. The number of hydrogen-bond donors (Lipinski definition) is 7. The van der Waals surface area contributed by atoms with E-state index < -0.39 is 154 Å². The zero-order valence-electron chi connectivity index (χ0n) is 55.0. The number of allylic oxidation sites excluding steroid dienone is 4. The number of likely N-dealkylation sites (N-methyl/N-ethyl adjacent to an activating group) is 1. The van der Waals surface area contributed by atoms with Gasteiger partial charge in [0.1, 0.15) is 30.0 Å². The van der Waals surface area contributed by atoms with E-state index in [4.69, 9.17) is 37.9 Å². The van der Waals surface area contributed by atoms with Gasteiger partial charge in [0.05, 0.1) is 61.2 Å². The number of fused-ring (bicyclic) bond motifs is 5. The SMILES string of the molecule is CC[C@H]1OC(=O)[C@H](C)[C@@H](OC2C[C@@](C)(OC)[C@@H](O)[C@H](C)O2)[C@@H](C)[C@@H](OC2O[C@H](C)C[C@H](N(C)C)[C@H]2O)[C@](C)(O)C[C@@H](C)CN(CCCNCCC(=O)O[C@]2(C(=O)OC)[C@H](C)CC3C4CCC5=CC(=O)C=C[C@]5(C)[C@@]4(F)[C@@H](O)C[C@@]32C)[C@H](C)[C@@H](O)[C@]1(C)O. The van der Waals surface area contributed by atoms with Crippen LogP contribution in [-0.2, 0) is 57.1 Å². The first kappa shape index (κ1) is 71.4. The lowest BCUT2D eigenvalue weighted by Crippen LogP contribution is -2.70. The third-order valence-electron chi connectivity index (χ3n) is 22.3. The molecule has 4 unspecified atom stereocenters. The molecular formula is C65H108FN3O18. The molecule has 0 aromatic heterocycles. The van der Waals surface area contributed by atoms with Crippen LogP contribution in [-0.4, -0.2) is 226 Å². The topological polar surface area (TPSA) is 282 Å². The van der Waals surface area contributed by atoms with Crippen molar-refractivity contribution in [3.05, 3.63) is 23.8 Å². The number of ether oxygens (including phenoxy) is 8. The number of ketones is 1. The van der Waals surface area contributed by atoms with Gasteiger partial charge in [0.2, 0.25) is 5.60 Å². The summed E-state index contributed by atoms with van der Waals surface area (Å²) in [6.07, 6.45) is -5.55. The number of aliphatic hydroxyl groups excluding tert-OH is 4. The summed E-state index contributed by atoms with van der Waals surface area (Å²) in [6.45, 7) is 23.8. The molecule has 0 aromatic rings. The van der Waals surface area contributed by atoms with Gasteiger partial charge in [0.25, 0.3) is 0 Å². The predicted octanol–water partition coefficient (Wildman–Crippen LogP) is 4.71. The van der Waals surface area contributed by atoms with E-state index in [1.165, 1.54) is 33.3 Å². The average molecular weight is 1240 g/mol. The van der Waals surface area contributed by atoms with E-state index >= 15 is 4.39 Å². The Kier molecular flexibility index (Phi) is 22.4. The maximum atomic E-state index is 18.0. The van der Waals surface area contributed by atoms with Crippen LogP contribution in [0.3, 0.4) is 0 Å². The van der Waals surface area contributed by atoms with Gasteiger partial charge >= 0.3 is 17.9 Å². The van der Waals surface area contributed by atoms with Crippen molar-refractivity contribution in [3.8, 4) is 0 Å². The number of alkyl halides is 1. The summed E-state index contributed by atoms with van der Waals surface area (Å²) in [5.41, 5.74) is -10.6. The van der Waals surface area contributed by atoms with Crippen molar-refractivity contribution in [2.75, 3.05) is 54.5 Å². The van der Waals surface area contributed by atoms with E-state index in [1.54, 1.807) is 75.3 Å². The van der Waals surface area contributed by atoms with Gasteiger partial charge in [0, 0.05) is 67.3 Å². The Morgan fingerprint density at radius 2 is 1.56 bits per heavy atom. The molecule has 26 atom stereocenters. The summed E-state index contributed by atoms with van der Waals surface area (Å²) >= 11 is 0. The smallest absolute Gasteiger partial charge is 0.351 e. The van der Waals surface area contributed by atoms with Crippen LogP contribution in [0.1, 0.15) is 154 Å². The van der Waals surface area contributed by atoms with Crippen molar-refractivity contribution in [2.45, 2.75) is 262 Å². The van der Waals surface area contributed by atoms with Gasteiger partial charge in [-0.15, -0.1) is 0 Å². The summed E-state index contributed by atoms with van der Waals surface area (Å²) in [7, 11) is 6.44. The number of cyclic esters (lactones) is 1. The number of carbonyl (C=O) groups is 4. The van der Waals surface area contributed by atoms with Gasteiger partial charge in [-0.25, -0.2) is 9.18 Å². The second kappa shape index (κ2) is 27.2. The van der Waals surface area contributed by atoms with E-state index in [0.717, 1.165) is 0 Å². The van der Waals surface area contributed by atoms with Crippen LogP contribution < -0.4 is 5.32 Å². The Morgan fingerprint density at radius 3 is 2.20 bits per heavy atom. The number of hydrogen-bond acceptors (Lipinski definition) is 21. The third kappa shape index (κ3) is 13.3. The summed E-state index contributed by atoms with van der Waals surface area (Å²) in [5, 5.41) is 76.0. The van der Waals surface area contributed by atoms with E-state index in [2.05, 4.69) is 5.32 Å². The van der Waals surface area contributed by atoms with Crippen molar-refractivity contribution < 1.29 is 92.1 Å². The van der Waals surface area contributed by atoms with E-state index in [9.17, 15) is 49.8 Å². The summed E-state index contributed by atoms with van der Waals surface area (Å²) < 4.78 is 68.1. The van der Waals surface area contributed by atoms with Crippen LogP contribution in [0.5, 0.6) is 0 Å². The number of halogens is 1. The standard InChI is InChI=1S/C65H108FN3O18/c1-18-48-63(13,79)53(74)40(7)69(27-19-25-67-26-23-49(72)87-65(58(77)80-16)36(3)28-45-44-21-20-42-30-43(70)22-24-59(42,9)64(44,66)47(71)32-60(45,65)10)34-35(2)31-61(11,78)55(86-57-51(73)46(68(14)15)29-37(4)82-57)38(5)52(39(6)56(76)84-48)85-50-33-62(12,81-17)54(75)41(8)83-50/h22,24,30,35-41,44-48,50-55,57,67,71,73-75,78-79H,18-21,23,25-29,31-34H2,1-17H3/t35-,36-,37-,38-,39-,40-,41+,44?,45?,46+,47+,48-,50?,51-,52+,53-,54+,55-,57?,59+,60+,61-,62-,63-,64+,65+/m1/s1. The minimum absolute atomic E-state index is 0.0672. The van der Waals surface area contributed by atoms with Crippen molar-refractivity contribution in [3.63, 3.8) is 0 Å². The molecule has 21 nitrogen and oxygen atoms in total. The molecule has 3 aliphatic heterocycles. The van der Waals surface area contributed by atoms with Crippen molar-refractivity contribution in [1.82, 2.24) is 15.1 Å². The van der Waals surface area contributed by atoms with Gasteiger partial charge < -0.3 is 78.8 Å². The van der Waals surface area contributed by atoms with Gasteiger partial charge in [-0.1, -0.05) is 46.3 Å². The Bertz CT molecular complexity index is 2480. The molecule has 0 spiro atoms. The molecule has 22 heteroatoms. The molecule has 0 bridgehead atoms. The quantitative estimate of drug-likeness (QED) is 0.0626. The van der Waals surface area contributed by atoms with Crippen molar-refractivity contribution in [2.24, 2.45) is 46.3 Å². The molecule has 7 rings (SSSR count). The summed E-state index contributed by atoms with van der Waals surface area (Å²) in [4.78, 5) is 59.3. The first-order valence-corrected chi connectivity index (χ1v) is 32.0. The summed E-state index contributed by atoms with van der Waals surface area (Å²) in [5.74, 6) is -6.52. The van der Waals surface area contributed by atoms with Crippen LogP contribution in [0.2, 0.25) is 0 Å². The minimum atomic E-state index is -2.15. The minimum Gasteiger partial charge on any atom is -0.466 e. The van der Waals surface area contributed by atoms with Gasteiger partial charge in [0.15, 0.2) is 24.0 Å². The van der Waals surface area contributed by atoms with Crippen molar-refractivity contribution >= 4 is 23.7 Å². The highest BCUT2D eigenvalue weighted by molar-refractivity contribution is 6.01. The van der Waals surface area contributed by atoms with Gasteiger partial charge in [-0.3, -0.25) is 19.3 Å². The number of methoxy groups -OCH3 is 2. The van der Waals surface area contributed by atoms with E-state index in [-0.39, 0.29) is 62.5 Å². The highest BCUT2D eigenvalue weighted by atomic mass is 19.1. The fourth-order valence-corrected chi connectivity index (χ4v) is 17.2. The second-order valence-electron chi connectivity index (χ2n) is 28.7. The molecule has 7 aliphatic rings. The Labute approximate surface area is 515 Å². The lowest BCUT2D eigenvalue weighted by Gasteiger charge is -2.62. The Hall–Kier alpha value is -3.07. The molecule has 0 aromatic carbocycles. The van der Waals surface area contributed by atoms with E-state index in [1.807, 2.05) is 37.7 Å². The maximum absolute atomic E-state index is 18.0. The zero-order valence-corrected chi connectivity index (χ0v) is 55.0. The normalized spacial score (nSPS) is 47.6. The Morgan fingerprint density at radius 1 is 0.885 bits per heavy atom. The number of nitrogens with one attached hydrogen (secondary N) is 1. The van der Waals surface area contributed by atoms with Crippen LogP contribution in [0, 0.1) is 46.3 Å². The number of esters is 3. The molecule has 7 N–H and O–H groups in total. The van der Waals surface area contributed by atoms with Gasteiger partial charge in [-0.2, -0.15) is 0 Å². The molecule has 498 valence electrons. The third-order valence-corrected chi connectivity index (χ3v) is 22.3. The highest BCUT2D eigenvalue weighted by Crippen LogP contribution is 2.71. The predicted molar refractivity (Wildman–Crippen MR) is 319 cm³/mol. The number of nitrogens with zero attached hydrogens (tertiary/aromatic N) is 2. The fourth-order valence-electron chi connectivity index (χ4n) is 17.2. The lowest BCUT2D eigenvalue weighted by molar-refractivity contribution is -0.318. The molecule has 0 amide bonds. The van der Waals surface area contributed by atoms with E-state index in [0.29, 0.717) is 57.3 Å². The fraction of sp³-hybridized carbons (Fsp3) is 0.877. The lowest BCUT2D eigenvalue weighted by atomic mass is 9.44. The monoisotopic (exact) mass is 1240 g/mol. The summed E-state index contributed by atoms with van der Waals surface area (Å²) in [6, 6.07) is -1.11. The molecule has 87 heavy (non-hydrogen) atoms. The molecule has 4 aliphatic carbocycles. The Balaban J connectivity index is 1.10. The van der Waals surface area contributed by atoms with Crippen LogP contribution in [0.25, 0.3) is 0 Å². The second-order valence-corrected chi connectivity index (χ2v) is 28.7. The van der Waals surface area contributed by atoms with Crippen LogP contribution in [0.15, 0.2) is 23.8 Å². The first-order valence-electron chi connectivity index (χ1n) is 32.0. The molecule has 6 fully saturated rings. The highest BCUT2D eigenvalue weighted by Gasteiger charge is 2.78. The first-order chi connectivity index (χ1) is 40.5. The van der Waals surface area contributed by atoms with Crippen LogP contribution >= 0.6 is 0 Å². The molecule has 0 radical (unpaired) electrons. The molecule has 3 saturated carbocycles. The molecular weight excluding hydrogens is 1130 g/mol.